The fourth-order valence-corrected chi connectivity index (χ4v) is 5.35. The fourth-order valence-electron chi connectivity index (χ4n) is 5.35. The number of benzene rings is 2. The number of rotatable bonds is 7. The van der Waals surface area contributed by atoms with Crippen LogP contribution in [0.25, 0.3) is 11.1 Å². The molecule has 1 saturated heterocycles. The van der Waals surface area contributed by atoms with Crippen LogP contribution in [-0.4, -0.2) is 49.8 Å². The predicted molar refractivity (Wildman–Crippen MR) is 136 cm³/mol. The molecule has 0 spiro atoms. The Labute approximate surface area is 211 Å². The van der Waals surface area contributed by atoms with E-state index in [9.17, 15) is 14.4 Å². The summed E-state index contributed by atoms with van der Waals surface area (Å²) in [6, 6.07) is 14.7. The average molecular weight is 494 g/mol. The molecule has 1 heterocycles. The van der Waals surface area contributed by atoms with E-state index in [1.165, 1.54) is 0 Å². The first-order chi connectivity index (χ1) is 17.5. The summed E-state index contributed by atoms with van der Waals surface area (Å²) in [7, 11) is 0. The largest absolute Gasteiger partial charge is 0.464 e. The number of esters is 1. The summed E-state index contributed by atoms with van der Waals surface area (Å²) in [5.41, 5.74) is 10.3. The van der Waals surface area contributed by atoms with Gasteiger partial charge in [0.05, 0.1) is 6.61 Å². The van der Waals surface area contributed by atoms with Crippen LogP contribution in [0.3, 0.4) is 0 Å². The van der Waals surface area contributed by atoms with Crippen LogP contribution in [-0.2, 0) is 19.1 Å². The lowest BCUT2D eigenvalue weighted by Crippen LogP contribution is -2.54. The molecule has 0 saturated carbocycles. The third-order valence-electron chi connectivity index (χ3n) is 7.12. The topological polar surface area (TPSA) is 120 Å². The zero-order valence-electron chi connectivity index (χ0n) is 20.7. The number of alkyl carbamates (subject to hydrolysis) is 1. The van der Waals surface area contributed by atoms with Gasteiger partial charge in [0, 0.05) is 5.92 Å². The highest BCUT2D eigenvalue weighted by Gasteiger charge is 2.35. The van der Waals surface area contributed by atoms with Crippen LogP contribution in [0.15, 0.2) is 48.5 Å². The molecule has 4 rings (SSSR count). The lowest BCUT2D eigenvalue weighted by molar-refractivity contribution is -0.149. The van der Waals surface area contributed by atoms with E-state index >= 15 is 0 Å². The predicted octanol–water partition coefficient (Wildman–Crippen LogP) is 3.48. The molecule has 36 heavy (non-hydrogen) atoms. The van der Waals surface area contributed by atoms with Gasteiger partial charge in [0.1, 0.15) is 18.7 Å². The highest BCUT2D eigenvalue weighted by atomic mass is 16.5. The molecule has 8 heteroatoms. The van der Waals surface area contributed by atoms with Crippen molar-refractivity contribution in [2.75, 3.05) is 19.8 Å². The summed E-state index contributed by atoms with van der Waals surface area (Å²) < 4.78 is 10.8. The lowest BCUT2D eigenvalue weighted by atomic mass is 9.90. The van der Waals surface area contributed by atoms with Crippen molar-refractivity contribution in [2.45, 2.75) is 57.0 Å². The van der Waals surface area contributed by atoms with Crippen LogP contribution in [0.2, 0.25) is 0 Å². The van der Waals surface area contributed by atoms with Crippen LogP contribution in [0.1, 0.15) is 56.1 Å². The van der Waals surface area contributed by atoms with Gasteiger partial charge in [-0.05, 0) is 60.9 Å². The highest BCUT2D eigenvalue weighted by molar-refractivity contribution is 5.90. The Morgan fingerprint density at radius 3 is 2.28 bits per heavy atom. The van der Waals surface area contributed by atoms with Crippen LogP contribution < -0.4 is 16.4 Å². The molecule has 0 bridgehead atoms. The Bertz CT molecular complexity index is 1040. The first-order valence-electron chi connectivity index (χ1n) is 12.8. The van der Waals surface area contributed by atoms with Crippen molar-refractivity contribution in [1.29, 1.82) is 0 Å². The molecule has 192 valence electrons. The Morgan fingerprint density at radius 1 is 1.00 bits per heavy atom. The second-order valence-electron chi connectivity index (χ2n) is 9.38. The summed E-state index contributed by atoms with van der Waals surface area (Å²) in [6.07, 6.45) is 2.72. The van der Waals surface area contributed by atoms with E-state index in [4.69, 9.17) is 15.2 Å². The quantitative estimate of drug-likeness (QED) is 0.508. The number of hydrogen-bond donors (Lipinski definition) is 3. The minimum atomic E-state index is -0.797. The van der Waals surface area contributed by atoms with Crippen molar-refractivity contribution in [3.8, 4) is 11.1 Å². The van der Waals surface area contributed by atoms with Gasteiger partial charge >= 0.3 is 12.1 Å². The number of nitrogens with two attached hydrogens (primary N) is 1. The third-order valence-corrected chi connectivity index (χ3v) is 7.12. The van der Waals surface area contributed by atoms with Gasteiger partial charge in [-0.2, -0.15) is 0 Å². The fraction of sp³-hybridized carbons (Fsp3) is 0.464. The molecule has 4 N–H and O–H groups in total. The molecule has 2 aliphatic rings. The molecule has 2 aromatic rings. The van der Waals surface area contributed by atoms with Crippen molar-refractivity contribution in [3.05, 3.63) is 59.7 Å². The van der Waals surface area contributed by atoms with E-state index in [2.05, 4.69) is 34.9 Å². The Morgan fingerprint density at radius 2 is 1.64 bits per heavy atom. The number of carbonyl (C=O) groups excluding carboxylic acids is 3. The molecule has 8 nitrogen and oxygen atoms in total. The summed E-state index contributed by atoms with van der Waals surface area (Å²) in [6.45, 7) is 2.53. The zero-order valence-corrected chi connectivity index (χ0v) is 20.7. The summed E-state index contributed by atoms with van der Waals surface area (Å²) in [5.74, 6) is -1.05. The Hall–Kier alpha value is -3.39. The van der Waals surface area contributed by atoms with E-state index in [0.717, 1.165) is 41.5 Å². The Kier molecular flexibility index (Phi) is 8.59. The summed E-state index contributed by atoms with van der Waals surface area (Å²) in [5, 5.41) is 5.54. The molecule has 3 unspecified atom stereocenters. The number of amides is 2. The molecule has 1 aliphatic carbocycles. The number of hydrogen-bond acceptors (Lipinski definition) is 6. The average Bonchev–Trinajstić information content (AvgIpc) is 3.23. The van der Waals surface area contributed by atoms with Gasteiger partial charge in [-0.1, -0.05) is 61.4 Å². The van der Waals surface area contributed by atoms with E-state index in [-0.39, 0.29) is 25.0 Å². The van der Waals surface area contributed by atoms with Crippen molar-refractivity contribution < 1.29 is 23.9 Å². The second-order valence-corrected chi connectivity index (χ2v) is 9.38. The summed E-state index contributed by atoms with van der Waals surface area (Å²) in [4.78, 5) is 38.5. The molecule has 0 aromatic heterocycles. The van der Waals surface area contributed by atoms with Gasteiger partial charge in [0.25, 0.3) is 0 Å². The summed E-state index contributed by atoms with van der Waals surface area (Å²) >= 11 is 0. The van der Waals surface area contributed by atoms with Crippen LogP contribution >= 0.6 is 0 Å². The lowest BCUT2D eigenvalue weighted by Gasteiger charge is -2.26. The van der Waals surface area contributed by atoms with Crippen molar-refractivity contribution in [1.82, 2.24) is 10.6 Å². The van der Waals surface area contributed by atoms with Gasteiger partial charge in [-0.15, -0.1) is 0 Å². The molecule has 2 amide bonds. The molecule has 2 aromatic carbocycles. The van der Waals surface area contributed by atoms with Crippen LogP contribution in [0.5, 0.6) is 0 Å². The SMILES string of the molecule is CCOC(=O)C1NC(=O)C(NC(=O)OCC2c3ccccc3-c3ccccc32)CCCCC1CCN. The number of ether oxygens (including phenoxy) is 2. The molecule has 0 radical (unpaired) electrons. The molecular weight excluding hydrogens is 458 g/mol. The monoisotopic (exact) mass is 493 g/mol. The number of fused-ring (bicyclic) bond motifs is 3. The third kappa shape index (κ3) is 5.70. The first-order valence-corrected chi connectivity index (χ1v) is 12.8. The van der Waals surface area contributed by atoms with E-state index < -0.39 is 30.1 Å². The first kappa shape index (κ1) is 25.7. The maximum Gasteiger partial charge on any atom is 0.407 e. The van der Waals surface area contributed by atoms with E-state index in [1.54, 1.807) is 6.92 Å². The van der Waals surface area contributed by atoms with Crippen LogP contribution in [0.4, 0.5) is 4.79 Å². The Balaban J connectivity index is 1.41. The van der Waals surface area contributed by atoms with Gasteiger partial charge < -0.3 is 25.8 Å². The standard InChI is InChI=1S/C28H35N3O5/c1-2-35-27(33)25-18(15-16-29)9-3-8-14-24(26(32)31-25)30-28(34)36-17-23-21-12-6-4-10-19(21)20-11-5-7-13-22(20)23/h4-7,10-13,18,23-25H,2-3,8-9,14-17,29H2,1H3,(H,30,34)(H,31,32). The highest BCUT2D eigenvalue weighted by Crippen LogP contribution is 2.44. The van der Waals surface area contributed by atoms with Gasteiger partial charge in [0.15, 0.2) is 0 Å². The number of nitrogens with one attached hydrogen (secondary N) is 2. The molecule has 1 aliphatic heterocycles. The van der Waals surface area contributed by atoms with E-state index in [1.807, 2.05) is 24.3 Å². The van der Waals surface area contributed by atoms with Gasteiger partial charge in [0.2, 0.25) is 5.91 Å². The van der Waals surface area contributed by atoms with Gasteiger partial charge in [-0.3, -0.25) is 4.79 Å². The van der Waals surface area contributed by atoms with E-state index in [0.29, 0.717) is 19.4 Å². The minimum Gasteiger partial charge on any atom is -0.464 e. The maximum absolute atomic E-state index is 13.1. The molecule has 1 fully saturated rings. The van der Waals surface area contributed by atoms with Gasteiger partial charge in [-0.25, -0.2) is 9.59 Å². The minimum absolute atomic E-state index is 0.0669. The van der Waals surface area contributed by atoms with Crippen molar-refractivity contribution in [2.24, 2.45) is 11.7 Å². The maximum atomic E-state index is 13.1. The molecule has 3 atom stereocenters. The van der Waals surface area contributed by atoms with Crippen LogP contribution in [0, 0.1) is 5.92 Å². The normalized spacial score (nSPS) is 21.7. The molecular formula is C28H35N3O5. The zero-order chi connectivity index (χ0) is 25.5. The second kappa shape index (κ2) is 12.0. The van der Waals surface area contributed by atoms with Crippen molar-refractivity contribution >= 4 is 18.0 Å². The smallest absolute Gasteiger partial charge is 0.407 e. The number of carbonyl (C=O) groups is 3. The van der Waals surface area contributed by atoms with Crippen molar-refractivity contribution in [3.63, 3.8) is 0 Å².